The molecule has 1 aromatic rings. The summed E-state index contributed by atoms with van der Waals surface area (Å²) in [5.74, 6) is 0. The van der Waals surface area contributed by atoms with Gasteiger partial charge in [0.25, 0.3) is 0 Å². The lowest BCUT2D eigenvalue weighted by Crippen LogP contribution is -2.25. The van der Waals surface area contributed by atoms with Crippen molar-refractivity contribution in [1.29, 1.82) is 0 Å². The molecule has 0 saturated heterocycles. The highest BCUT2D eigenvalue weighted by Crippen LogP contribution is 2.37. The number of nitrogens with two attached hydrogens (primary N) is 1. The van der Waals surface area contributed by atoms with Crippen molar-refractivity contribution in [3.8, 4) is 0 Å². The summed E-state index contributed by atoms with van der Waals surface area (Å²) in [5, 5.41) is 0. The molecule has 0 amide bonds. The molecule has 0 fully saturated rings. The topological polar surface area (TPSA) is 38.5 Å². The van der Waals surface area contributed by atoms with Crippen molar-refractivity contribution in [2.75, 3.05) is 32.2 Å². The second-order valence-corrected chi connectivity index (χ2v) is 4.48. The number of hydrogen-bond donors (Lipinski definition) is 1. The lowest BCUT2D eigenvalue weighted by Gasteiger charge is -2.24. The fourth-order valence-electron chi connectivity index (χ4n) is 1.75. The molecule has 0 bridgehead atoms. The molecule has 0 radical (unpaired) electrons. The Labute approximate surface area is 111 Å². The van der Waals surface area contributed by atoms with Gasteiger partial charge in [-0.2, -0.15) is 13.2 Å². The van der Waals surface area contributed by atoms with Crippen molar-refractivity contribution in [1.82, 2.24) is 0 Å². The minimum absolute atomic E-state index is 0.133. The number of halogens is 3. The second-order valence-electron chi connectivity index (χ2n) is 4.48. The number of hydrogen-bond acceptors (Lipinski definition) is 3. The van der Waals surface area contributed by atoms with Crippen molar-refractivity contribution in [2.45, 2.75) is 19.1 Å². The van der Waals surface area contributed by atoms with Gasteiger partial charge in [0, 0.05) is 32.4 Å². The molecule has 0 aliphatic carbocycles. The quantitative estimate of drug-likeness (QED) is 0.898. The zero-order valence-corrected chi connectivity index (χ0v) is 11.3. The highest BCUT2D eigenvalue weighted by Gasteiger charge is 2.34. The third kappa shape index (κ3) is 4.11. The molecule has 1 aromatic carbocycles. The van der Waals surface area contributed by atoms with Crippen LogP contribution in [0.2, 0.25) is 0 Å². The van der Waals surface area contributed by atoms with Crippen LogP contribution < -0.4 is 10.6 Å². The summed E-state index contributed by atoms with van der Waals surface area (Å²) in [4.78, 5) is 1.53. The fraction of sp³-hybridized carbons (Fsp3) is 0.538. The predicted molar refractivity (Wildman–Crippen MR) is 69.2 cm³/mol. The molecule has 108 valence electrons. The van der Waals surface area contributed by atoms with E-state index in [4.69, 9.17) is 10.5 Å². The normalized spacial score (nSPS) is 13.4. The Balaban J connectivity index is 3.16. The third-order valence-electron chi connectivity index (χ3n) is 2.89. The SMILES string of the molecule is COCCN(C)c1ccc(C(C)N)cc1C(F)(F)F. The molecule has 0 spiro atoms. The summed E-state index contributed by atoms with van der Waals surface area (Å²) < 4.78 is 44.1. The van der Waals surface area contributed by atoms with Crippen LogP contribution in [-0.4, -0.2) is 27.3 Å². The summed E-state index contributed by atoms with van der Waals surface area (Å²) in [6, 6.07) is 3.76. The Morgan fingerprint density at radius 3 is 2.47 bits per heavy atom. The molecule has 19 heavy (non-hydrogen) atoms. The highest BCUT2D eigenvalue weighted by atomic mass is 19.4. The summed E-state index contributed by atoms with van der Waals surface area (Å²) in [6.07, 6.45) is -4.40. The molecule has 1 atom stereocenters. The Bertz CT molecular complexity index is 419. The summed E-state index contributed by atoms with van der Waals surface area (Å²) >= 11 is 0. The molecule has 1 rings (SSSR count). The van der Waals surface area contributed by atoms with Crippen LogP contribution in [0.25, 0.3) is 0 Å². The van der Waals surface area contributed by atoms with Crippen molar-refractivity contribution in [2.24, 2.45) is 5.73 Å². The molecule has 0 heterocycles. The van der Waals surface area contributed by atoms with E-state index in [9.17, 15) is 13.2 Å². The first-order valence-electron chi connectivity index (χ1n) is 5.94. The van der Waals surface area contributed by atoms with E-state index in [1.807, 2.05) is 0 Å². The van der Waals surface area contributed by atoms with Gasteiger partial charge < -0.3 is 15.4 Å². The van der Waals surface area contributed by atoms with Crippen molar-refractivity contribution in [3.05, 3.63) is 29.3 Å². The molecule has 6 heteroatoms. The van der Waals surface area contributed by atoms with E-state index >= 15 is 0 Å². The standard InChI is InChI=1S/C13H19F3N2O/c1-9(17)10-4-5-12(18(2)6-7-19-3)11(8-10)13(14,15)16/h4-5,8-9H,6-7,17H2,1-3H3. The summed E-state index contributed by atoms with van der Waals surface area (Å²) in [5.41, 5.74) is 5.57. The first-order valence-corrected chi connectivity index (χ1v) is 5.94. The van der Waals surface area contributed by atoms with Gasteiger partial charge in [-0.1, -0.05) is 6.07 Å². The first kappa shape index (κ1) is 15.8. The average Bonchev–Trinajstić information content (AvgIpc) is 2.34. The van der Waals surface area contributed by atoms with E-state index in [0.29, 0.717) is 18.7 Å². The Kier molecular flexibility index (Phi) is 5.20. The molecule has 2 N–H and O–H groups in total. The van der Waals surface area contributed by atoms with Gasteiger partial charge in [-0.05, 0) is 24.6 Å². The van der Waals surface area contributed by atoms with Crippen molar-refractivity contribution in [3.63, 3.8) is 0 Å². The third-order valence-corrected chi connectivity index (χ3v) is 2.89. The lowest BCUT2D eigenvalue weighted by molar-refractivity contribution is -0.137. The van der Waals surface area contributed by atoms with E-state index in [-0.39, 0.29) is 5.69 Å². The molecular weight excluding hydrogens is 257 g/mol. The van der Waals surface area contributed by atoms with Crippen LogP contribution >= 0.6 is 0 Å². The molecule has 0 aliphatic heterocycles. The molecule has 0 aromatic heterocycles. The Morgan fingerprint density at radius 1 is 1.37 bits per heavy atom. The maximum atomic E-state index is 13.1. The van der Waals surface area contributed by atoms with E-state index in [0.717, 1.165) is 6.07 Å². The molecular formula is C13H19F3N2O. The zero-order valence-electron chi connectivity index (χ0n) is 11.3. The fourth-order valence-corrected chi connectivity index (χ4v) is 1.75. The van der Waals surface area contributed by atoms with E-state index in [1.165, 1.54) is 18.1 Å². The van der Waals surface area contributed by atoms with Crippen LogP contribution in [0.3, 0.4) is 0 Å². The maximum absolute atomic E-state index is 13.1. The molecule has 0 saturated carbocycles. The Morgan fingerprint density at radius 2 is 2.00 bits per heavy atom. The summed E-state index contributed by atoms with van der Waals surface area (Å²) in [7, 11) is 3.12. The van der Waals surface area contributed by atoms with Crippen LogP contribution in [0.1, 0.15) is 24.1 Å². The van der Waals surface area contributed by atoms with Gasteiger partial charge in [0.15, 0.2) is 0 Å². The van der Waals surface area contributed by atoms with Gasteiger partial charge in [-0.3, -0.25) is 0 Å². The number of likely N-dealkylation sites (N-methyl/N-ethyl adjacent to an activating group) is 1. The number of rotatable bonds is 5. The number of alkyl halides is 3. The van der Waals surface area contributed by atoms with Crippen LogP contribution in [0.4, 0.5) is 18.9 Å². The summed E-state index contributed by atoms with van der Waals surface area (Å²) in [6.45, 7) is 2.41. The van der Waals surface area contributed by atoms with Crippen molar-refractivity contribution < 1.29 is 17.9 Å². The lowest BCUT2D eigenvalue weighted by atomic mass is 10.0. The van der Waals surface area contributed by atoms with Gasteiger partial charge in [-0.25, -0.2) is 0 Å². The van der Waals surface area contributed by atoms with Crippen LogP contribution in [0.5, 0.6) is 0 Å². The minimum Gasteiger partial charge on any atom is -0.383 e. The smallest absolute Gasteiger partial charge is 0.383 e. The van der Waals surface area contributed by atoms with Gasteiger partial charge in [0.2, 0.25) is 0 Å². The number of methoxy groups -OCH3 is 1. The molecule has 3 nitrogen and oxygen atoms in total. The van der Waals surface area contributed by atoms with E-state index in [1.54, 1.807) is 20.0 Å². The number of anilines is 1. The average molecular weight is 276 g/mol. The Hall–Kier alpha value is -1.27. The largest absolute Gasteiger partial charge is 0.418 e. The van der Waals surface area contributed by atoms with Gasteiger partial charge in [0.05, 0.1) is 12.2 Å². The number of benzene rings is 1. The second kappa shape index (κ2) is 6.25. The maximum Gasteiger partial charge on any atom is 0.418 e. The molecule has 1 unspecified atom stereocenters. The van der Waals surface area contributed by atoms with Gasteiger partial charge >= 0.3 is 6.18 Å². The van der Waals surface area contributed by atoms with Crippen LogP contribution in [-0.2, 0) is 10.9 Å². The van der Waals surface area contributed by atoms with E-state index in [2.05, 4.69) is 0 Å². The first-order chi connectivity index (χ1) is 8.77. The van der Waals surface area contributed by atoms with Crippen LogP contribution in [0.15, 0.2) is 18.2 Å². The van der Waals surface area contributed by atoms with Crippen molar-refractivity contribution >= 4 is 5.69 Å². The minimum atomic E-state index is -4.40. The molecule has 0 aliphatic rings. The number of ether oxygens (including phenoxy) is 1. The number of nitrogens with zero attached hydrogens (tertiary/aromatic N) is 1. The monoisotopic (exact) mass is 276 g/mol. The predicted octanol–water partition coefficient (Wildman–Crippen LogP) is 2.81. The highest BCUT2D eigenvalue weighted by molar-refractivity contribution is 5.56. The van der Waals surface area contributed by atoms with Crippen LogP contribution in [0, 0.1) is 0 Å². The van der Waals surface area contributed by atoms with Gasteiger partial charge in [-0.15, -0.1) is 0 Å². The van der Waals surface area contributed by atoms with E-state index < -0.39 is 17.8 Å². The zero-order chi connectivity index (χ0) is 14.6. The van der Waals surface area contributed by atoms with Gasteiger partial charge in [0.1, 0.15) is 0 Å².